The maximum absolute atomic E-state index is 11.9. The predicted octanol–water partition coefficient (Wildman–Crippen LogP) is 2.59. The van der Waals surface area contributed by atoms with E-state index in [4.69, 9.17) is 4.74 Å². The molecule has 0 aliphatic carbocycles. The maximum atomic E-state index is 11.9. The van der Waals surface area contributed by atoms with Crippen molar-refractivity contribution in [3.63, 3.8) is 0 Å². The van der Waals surface area contributed by atoms with Gasteiger partial charge in [0.2, 0.25) is 0 Å². The molecule has 2 aliphatic rings. The van der Waals surface area contributed by atoms with Gasteiger partial charge in [-0.3, -0.25) is 4.79 Å². The Morgan fingerprint density at radius 1 is 1.44 bits per heavy atom. The van der Waals surface area contributed by atoms with Crippen molar-refractivity contribution in [2.45, 2.75) is 38.3 Å². The van der Waals surface area contributed by atoms with Crippen LogP contribution < -0.4 is 5.32 Å². The van der Waals surface area contributed by atoms with E-state index in [1.54, 1.807) is 12.1 Å². The average Bonchev–Trinajstić information content (AvgIpc) is 2.82. The molecule has 1 saturated heterocycles. The number of rotatable bonds is 3. The summed E-state index contributed by atoms with van der Waals surface area (Å²) in [5.74, 6) is 0.0985. The van der Waals surface area contributed by atoms with E-state index in [0.717, 1.165) is 30.5 Å². The summed E-state index contributed by atoms with van der Waals surface area (Å²) >= 11 is 0. The van der Waals surface area contributed by atoms with Crippen LogP contribution in [0.1, 0.15) is 37.7 Å². The summed E-state index contributed by atoms with van der Waals surface area (Å²) in [5, 5.41) is 12.8. The Balaban J connectivity index is 1.92. The van der Waals surface area contributed by atoms with Gasteiger partial charge in [-0.25, -0.2) is 0 Å². The smallest absolute Gasteiger partial charge is 0.311 e. The Hall–Kier alpha value is -1.71. The molecule has 96 valence electrons. The van der Waals surface area contributed by atoms with Gasteiger partial charge in [0.1, 0.15) is 5.75 Å². The van der Waals surface area contributed by atoms with E-state index in [1.165, 1.54) is 0 Å². The number of phenols is 1. The van der Waals surface area contributed by atoms with E-state index < -0.39 is 0 Å². The van der Waals surface area contributed by atoms with E-state index in [-0.39, 0.29) is 29.8 Å². The Morgan fingerprint density at radius 3 is 3.06 bits per heavy atom. The number of hydrogen-bond acceptors (Lipinski definition) is 4. The van der Waals surface area contributed by atoms with Crippen LogP contribution in [0.3, 0.4) is 0 Å². The lowest BCUT2D eigenvalue weighted by Gasteiger charge is -2.13. The number of nitrogens with one attached hydrogen (secondary N) is 1. The Morgan fingerprint density at radius 2 is 2.28 bits per heavy atom. The van der Waals surface area contributed by atoms with Crippen LogP contribution >= 0.6 is 0 Å². The van der Waals surface area contributed by atoms with Crippen molar-refractivity contribution in [2.24, 2.45) is 5.92 Å². The summed E-state index contributed by atoms with van der Waals surface area (Å²) in [6.45, 7) is 2.12. The molecule has 4 nitrogen and oxygen atoms in total. The van der Waals surface area contributed by atoms with Crippen molar-refractivity contribution in [3.8, 4) is 5.75 Å². The molecule has 2 heterocycles. The molecule has 3 rings (SSSR count). The van der Waals surface area contributed by atoms with Crippen molar-refractivity contribution in [1.82, 2.24) is 0 Å². The van der Waals surface area contributed by atoms with Gasteiger partial charge in [0.05, 0.1) is 11.8 Å². The second-order valence-electron chi connectivity index (χ2n) is 5.05. The molecule has 0 spiro atoms. The lowest BCUT2D eigenvalue weighted by atomic mass is 9.85. The van der Waals surface area contributed by atoms with Crippen LogP contribution in [0.2, 0.25) is 0 Å². The van der Waals surface area contributed by atoms with Crippen LogP contribution in [0.25, 0.3) is 0 Å². The molecule has 0 aromatic heterocycles. The zero-order valence-corrected chi connectivity index (χ0v) is 10.3. The number of aromatic hydroxyl groups is 1. The normalized spacial score (nSPS) is 28.5. The molecular formula is C14H17NO3. The summed E-state index contributed by atoms with van der Waals surface area (Å²) in [6, 6.07) is 5.23. The number of esters is 1. The monoisotopic (exact) mass is 247 g/mol. The molecule has 3 atom stereocenters. The van der Waals surface area contributed by atoms with Gasteiger partial charge in [-0.1, -0.05) is 19.8 Å². The Bertz CT molecular complexity index is 486. The van der Waals surface area contributed by atoms with E-state index in [2.05, 4.69) is 12.2 Å². The summed E-state index contributed by atoms with van der Waals surface area (Å²) in [5.41, 5.74) is 1.98. The molecule has 0 amide bonds. The minimum absolute atomic E-state index is 0.0474. The van der Waals surface area contributed by atoms with Gasteiger partial charge in [0.15, 0.2) is 6.23 Å². The van der Waals surface area contributed by atoms with Gasteiger partial charge in [-0.15, -0.1) is 0 Å². The van der Waals surface area contributed by atoms with Gasteiger partial charge in [0, 0.05) is 5.69 Å². The van der Waals surface area contributed by atoms with Crippen molar-refractivity contribution in [3.05, 3.63) is 23.8 Å². The molecule has 0 saturated carbocycles. The molecule has 1 aromatic rings. The molecule has 1 fully saturated rings. The molecule has 0 bridgehead atoms. The predicted molar refractivity (Wildman–Crippen MR) is 67.4 cm³/mol. The first-order chi connectivity index (χ1) is 8.70. The van der Waals surface area contributed by atoms with Crippen LogP contribution in [0.15, 0.2) is 18.2 Å². The minimum atomic E-state index is -0.254. The van der Waals surface area contributed by atoms with Crippen LogP contribution in [0.5, 0.6) is 5.75 Å². The van der Waals surface area contributed by atoms with Gasteiger partial charge >= 0.3 is 5.97 Å². The number of benzene rings is 1. The summed E-state index contributed by atoms with van der Waals surface area (Å²) < 4.78 is 5.39. The van der Waals surface area contributed by atoms with Gasteiger partial charge < -0.3 is 15.2 Å². The lowest BCUT2D eigenvalue weighted by Crippen LogP contribution is -2.18. The Kier molecular flexibility index (Phi) is 2.65. The molecule has 4 heteroatoms. The molecule has 2 aliphatic heterocycles. The third kappa shape index (κ3) is 1.64. The highest BCUT2D eigenvalue weighted by atomic mass is 16.6. The number of fused-ring (bicyclic) bond motifs is 3. The van der Waals surface area contributed by atoms with Crippen LogP contribution in [-0.2, 0) is 9.53 Å². The summed E-state index contributed by atoms with van der Waals surface area (Å²) in [6.07, 6.45) is 2.70. The summed E-state index contributed by atoms with van der Waals surface area (Å²) in [7, 11) is 0. The standard InChI is InChI=1S/C14H17NO3/c1-2-3-4-9-12-10-7-8(16)5-6-11(10)15-13(12)18-14(9)17/h5-7,9,12-13,15-16H,2-4H2,1H3. The first-order valence-electron chi connectivity index (χ1n) is 6.50. The first-order valence-corrected chi connectivity index (χ1v) is 6.50. The van der Waals surface area contributed by atoms with E-state index >= 15 is 0 Å². The van der Waals surface area contributed by atoms with Crippen molar-refractivity contribution < 1.29 is 14.6 Å². The van der Waals surface area contributed by atoms with E-state index in [9.17, 15) is 9.90 Å². The molecular weight excluding hydrogens is 230 g/mol. The molecule has 1 aromatic carbocycles. The average molecular weight is 247 g/mol. The number of anilines is 1. The third-order valence-electron chi connectivity index (χ3n) is 3.87. The van der Waals surface area contributed by atoms with Gasteiger partial charge in [-0.05, 0) is 30.2 Å². The lowest BCUT2D eigenvalue weighted by molar-refractivity contribution is -0.143. The Labute approximate surface area is 106 Å². The van der Waals surface area contributed by atoms with E-state index in [1.807, 2.05) is 6.07 Å². The zero-order valence-electron chi connectivity index (χ0n) is 10.3. The van der Waals surface area contributed by atoms with Crippen molar-refractivity contribution >= 4 is 11.7 Å². The largest absolute Gasteiger partial charge is 0.508 e. The highest BCUT2D eigenvalue weighted by Crippen LogP contribution is 2.48. The minimum Gasteiger partial charge on any atom is -0.508 e. The first kappa shape index (κ1) is 11.4. The van der Waals surface area contributed by atoms with Crippen molar-refractivity contribution in [2.75, 3.05) is 5.32 Å². The maximum Gasteiger partial charge on any atom is 0.311 e. The topological polar surface area (TPSA) is 58.6 Å². The molecule has 18 heavy (non-hydrogen) atoms. The van der Waals surface area contributed by atoms with Crippen LogP contribution in [0.4, 0.5) is 5.69 Å². The fourth-order valence-corrected chi connectivity index (χ4v) is 2.97. The number of unbranched alkanes of at least 4 members (excludes halogenated alkanes) is 1. The van der Waals surface area contributed by atoms with Crippen molar-refractivity contribution in [1.29, 1.82) is 0 Å². The highest BCUT2D eigenvalue weighted by Gasteiger charge is 2.49. The molecule has 2 N–H and O–H groups in total. The molecule has 3 unspecified atom stereocenters. The number of carbonyl (C=O) groups is 1. The van der Waals surface area contributed by atoms with Crippen LogP contribution in [0, 0.1) is 5.92 Å². The van der Waals surface area contributed by atoms with Gasteiger partial charge in [0.25, 0.3) is 0 Å². The highest BCUT2D eigenvalue weighted by molar-refractivity contribution is 5.80. The quantitative estimate of drug-likeness (QED) is 0.636. The number of carbonyl (C=O) groups excluding carboxylic acids is 1. The fourth-order valence-electron chi connectivity index (χ4n) is 2.97. The van der Waals surface area contributed by atoms with Crippen LogP contribution in [-0.4, -0.2) is 17.3 Å². The SMILES string of the molecule is CCCCC1C(=O)OC2Nc3ccc(O)cc3C21. The molecule has 0 radical (unpaired) electrons. The summed E-state index contributed by atoms with van der Waals surface area (Å²) in [4.78, 5) is 11.9. The third-order valence-corrected chi connectivity index (χ3v) is 3.87. The second-order valence-corrected chi connectivity index (χ2v) is 5.05. The zero-order chi connectivity index (χ0) is 12.7. The number of hydrogen-bond donors (Lipinski definition) is 2. The second kappa shape index (κ2) is 4.19. The number of ether oxygens (including phenoxy) is 1. The number of phenolic OH excluding ortho intramolecular Hbond substituents is 1. The van der Waals surface area contributed by atoms with Gasteiger partial charge in [-0.2, -0.15) is 0 Å². The van der Waals surface area contributed by atoms with E-state index in [0.29, 0.717) is 0 Å². The fraction of sp³-hybridized carbons (Fsp3) is 0.500.